The summed E-state index contributed by atoms with van der Waals surface area (Å²) in [4.78, 5) is 38.9. The minimum atomic E-state index is -0.484. The first-order valence-electron chi connectivity index (χ1n) is 14.8. The molecule has 8 nitrogen and oxygen atoms in total. The molecule has 8 heteroatoms. The van der Waals surface area contributed by atoms with Crippen LogP contribution in [0.25, 0.3) is 0 Å². The number of nitrogens with zero attached hydrogens (tertiary/aromatic N) is 1. The Bertz CT molecular complexity index is 1740. The summed E-state index contributed by atoms with van der Waals surface area (Å²) in [5, 5.41) is 0. The van der Waals surface area contributed by atoms with Crippen LogP contribution in [0.5, 0.6) is 17.2 Å². The van der Waals surface area contributed by atoms with Crippen LogP contribution in [0.2, 0.25) is 0 Å². The number of benzene rings is 5. The highest BCUT2D eigenvalue weighted by atomic mass is 16.5. The lowest BCUT2D eigenvalue weighted by atomic mass is 10.1. The number of amides is 1. The predicted molar refractivity (Wildman–Crippen MR) is 174 cm³/mol. The first-order chi connectivity index (χ1) is 22.4. The number of ether oxygens (including phenoxy) is 4. The van der Waals surface area contributed by atoms with Crippen molar-refractivity contribution in [3.8, 4) is 17.2 Å². The summed E-state index contributed by atoms with van der Waals surface area (Å²) in [6, 6.07) is 39.8. The summed E-state index contributed by atoms with van der Waals surface area (Å²) >= 11 is 0. The van der Waals surface area contributed by atoms with Crippen LogP contribution in [0.1, 0.15) is 38.8 Å². The Labute approximate surface area is 267 Å². The van der Waals surface area contributed by atoms with Gasteiger partial charge in [-0.1, -0.05) is 60.7 Å². The molecule has 46 heavy (non-hydrogen) atoms. The molecule has 0 saturated heterocycles. The molecule has 0 bridgehead atoms. The SMILES string of the molecule is CC(=O)OCCN(C(=O)c1ccc(OCc2cccc(OCc3ccccc3)c2)cc1)c1ccc(OC(=O)c2ccccc2)cc1. The van der Waals surface area contributed by atoms with Gasteiger partial charge in [-0.3, -0.25) is 9.59 Å². The highest BCUT2D eigenvalue weighted by molar-refractivity contribution is 6.06. The van der Waals surface area contributed by atoms with Crippen LogP contribution < -0.4 is 19.1 Å². The van der Waals surface area contributed by atoms with E-state index in [9.17, 15) is 14.4 Å². The average Bonchev–Trinajstić information content (AvgIpc) is 3.10. The van der Waals surface area contributed by atoms with E-state index in [0.29, 0.717) is 41.5 Å². The molecule has 0 aliphatic carbocycles. The maximum atomic E-state index is 13.6. The molecule has 5 rings (SSSR count). The molecule has 0 aliphatic rings. The van der Waals surface area contributed by atoms with Gasteiger partial charge in [-0.15, -0.1) is 0 Å². The number of esters is 2. The highest BCUT2D eigenvalue weighted by Gasteiger charge is 2.19. The monoisotopic (exact) mass is 615 g/mol. The number of carbonyl (C=O) groups excluding carboxylic acids is 3. The first-order valence-corrected chi connectivity index (χ1v) is 14.8. The van der Waals surface area contributed by atoms with Crippen molar-refractivity contribution in [2.24, 2.45) is 0 Å². The topological polar surface area (TPSA) is 91.4 Å². The van der Waals surface area contributed by atoms with Gasteiger partial charge in [0.1, 0.15) is 37.1 Å². The van der Waals surface area contributed by atoms with Crippen molar-refractivity contribution in [3.63, 3.8) is 0 Å². The molecule has 0 atom stereocenters. The summed E-state index contributed by atoms with van der Waals surface area (Å²) in [6.45, 7) is 2.26. The van der Waals surface area contributed by atoms with Crippen LogP contribution in [0.4, 0.5) is 5.69 Å². The van der Waals surface area contributed by atoms with E-state index in [0.717, 1.165) is 16.9 Å². The number of hydrogen-bond acceptors (Lipinski definition) is 7. The van der Waals surface area contributed by atoms with Crippen LogP contribution in [0.3, 0.4) is 0 Å². The molecule has 5 aromatic rings. The van der Waals surface area contributed by atoms with Crippen molar-refractivity contribution in [2.45, 2.75) is 20.1 Å². The quantitative estimate of drug-likeness (QED) is 0.102. The van der Waals surface area contributed by atoms with E-state index >= 15 is 0 Å². The molecule has 0 fully saturated rings. The fourth-order valence-electron chi connectivity index (χ4n) is 4.55. The van der Waals surface area contributed by atoms with Crippen molar-refractivity contribution in [1.29, 1.82) is 0 Å². The molecule has 1 amide bonds. The second-order valence-electron chi connectivity index (χ2n) is 10.3. The molecule has 5 aromatic carbocycles. The Balaban J connectivity index is 1.21. The molecular weight excluding hydrogens is 582 g/mol. The maximum absolute atomic E-state index is 13.6. The smallest absolute Gasteiger partial charge is 0.343 e. The van der Waals surface area contributed by atoms with Crippen molar-refractivity contribution >= 4 is 23.5 Å². The second-order valence-corrected chi connectivity index (χ2v) is 10.3. The van der Waals surface area contributed by atoms with Gasteiger partial charge < -0.3 is 23.8 Å². The largest absolute Gasteiger partial charge is 0.489 e. The van der Waals surface area contributed by atoms with Gasteiger partial charge in [-0.05, 0) is 83.9 Å². The Hall–Kier alpha value is -5.89. The van der Waals surface area contributed by atoms with Crippen molar-refractivity contribution < 1.29 is 33.3 Å². The summed E-state index contributed by atoms with van der Waals surface area (Å²) in [5.74, 6) is 0.467. The number of hydrogen-bond donors (Lipinski definition) is 0. The molecule has 0 heterocycles. The van der Waals surface area contributed by atoms with Crippen LogP contribution in [0, 0.1) is 0 Å². The number of anilines is 1. The Morgan fingerprint density at radius 2 is 1.20 bits per heavy atom. The fraction of sp³-hybridized carbons (Fsp3) is 0.132. The summed E-state index contributed by atoms with van der Waals surface area (Å²) < 4.78 is 22.5. The van der Waals surface area contributed by atoms with E-state index in [2.05, 4.69) is 0 Å². The molecule has 0 saturated carbocycles. The van der Waals surface area contributed by atoms with Gasteiger partial charge in [0.15, 0.2) is 0 Å². The van der Waals surface area contributed by atoms with Gasteiger partial charge in [0.25, 0.3) is 5.91 Å². The van der Waals surface area contributed by atoms with E-state index in [1.807, 2.05) is 60.7 Å². The van der Waals surface area contributed by atoms with Crippen LogP contribution in [-0.4, -0.2) is 31.0 Å². The molecule has 0 aromatic heterocycles. The molecular formula is C38H33NO7. The molecule has 0 unspecified atom stereocenters. The van der Waals surface area contributed by atoms with Gasteiger partial charge in [0.05, 0.1) is 12.1 Å². The molecule has 0 aliphatic heterocycles. The standard InChI is InChI=1S/C38H33NO7/c1-28(40)43-24-23-39(33-17-21-35(22-18-33)46-38(42)32-12-6-3-7-13-32)37(41)31-15-19-34(20-16-31)44-27-30-11-8-14-36(25-30)45-26-29-9-4-2-5-10-29/h2-22,25H,23-24,26-27H2,1H3. The normalized spacial score (nSPS) is 10.5. The zero-order chi connectivity index (χ0) is 32.1. The minimum Gasteiger partial charge on any atom is -0.489 e. The Kier molecular flexibility index (Phi) is 10.8. The third-order valence-electron chi connectivity index (χ3n) is 6.89. The molecule has 0 N–H and O–H groups in total. The third-order valence-corrected chi connectivity index (χ3v) is 6.89. The second kappa shape index (κ2) is 15.7. The van der Waals surface area contributed by atoms with Crippen LogP contribution in [0.15, 0.2) is 133 Å². The van der Waals surface area contributed by atoms with Gasteiger partial charge in [0.2, 0.25) is 0 Å². The van der Waals surface area contributed by atoms with Crippen LogP contribution in [-0.2, 0) is 22.7 Å². The van der Waals surface area contributed by atoms with Crippen molar-refractivity contribution in [3.05, 3.63) is 156 Å². The first kappa shape index (κ1) is 31.5. The molecule has 232 valence electrons. The number of rotatable bonds is 13. The van der Waals surface area contributed by atoms with E-state index in [-0.39, 0.29) is 19.1 Å². The maximum Gasteiger partial charge on any atom is 0.343 e. The van der Waals surface area contributed by atoms with Gasteiger partial charge in [0, 0.05) is 18.2 Å². The van der Waals surface area contributed by atoms with Crippen LogP contribution >= 0.6 is 0 Å². The summed E-state index contributed by atoms with van der Waals surface area (Å²) in [6.07, 6.45) is 0. The Morgan fingerprint density at radius 1 is 0.587 bits per heavy atom. The van der Waals surface area contributed by atoms with Gasteiger partial charge in [-0.25, -0.2) is 4.79 Å². The lowest BCUT2D eigenvalue weighted by Gasteiger charge is -2.23. The van der Waals surface area contributed by atoms with Gasteiger partial charge in [-0.2, -0.15) is 0 Å². The molecule has 0 radical (unpaired) electrons. The number of carbonyl (C=O) groups is 3. The summed E-state index contributed by atoms with van der Waals surface area (Å²) in [5.41, 5.74) is 3.43. The average molecular weight is 616 g/mol. The van der Waals surface area contributed by atoms with E-state index < -0.39 is 11.9 Å². The fourth-order valence-corrected chi connectivity index (χ4v) is 4.55. The lowest BCUT2D eigenvalue weighted by molar-refractivity contribution is -0.140. The lowest BCUT2D eigenvalue weighted by Crippen LogP contribution is -2.34. The predicted octanol–water partition coefficient (Wildman–Crippen LogP) is 7.27. The van der Waals surface area contributed by atoms with E-state index in [4.69, 9.17) is 18.9 Å². The zero-order valence-electron chi connectivity index (χ0n) is 25.3. The minimum absolute atomic E-state index is 0.0150. The highest BCUT2D eigenvalue weighted by Crippen LogP contribution is 2.24. The Morgan fingerprint density at radius 3 is 1.89 bits per heavy atom. The van der Waals surface area contributed by atoms with E-state index in [1.165, 1.54) is 11.8 Å². The van der Waals surface area contributed by atoms with Crippen molar-refractivity contribution in [2.75, 3.05) is 18.1 Å². The van der Waals surface area contributed by atoms with E-state index in [1.54, 1.807) is 72.8 Å². The summed E-state index contributed by atoms with van der Waals surface area (Å²) in [7, 11) is 0. The van der Waals surface area contributed by atoms with Crippen molar-refractivity contribution in [1.82, 2.24) is 0 Å². The molecule has 0 spiro atoms. The zero-order valence-corrected chi connectivity index (χ0v) is 25.3. The third kappa shape index (κ3) is 9.06. The van der Waals surface area contributed by atoms with Gasteiger partial charge >= 0.3 is 11.9 Å².